The third kappa shape index (κ3) is 1.86. The van der Waals surface area contributed by atoms with Gasteiger partial charge in [-0.05, 0) is 18.4 Å². The van der Waals surface area contributed by atoms with Crippen molar-refractivity contribution in [3.8, 4) is 10.7 Å². The third-order valence-electron chi connectivity index (χ3n) is 3.03. The molecule has 18 heavy (non-hydrogen) atoms. The minimum Gasteiger partial charge on any atom is -0.323 e. The molecule has 0 bridgehead atoms. The number of imidazole rings is 1. The molecule has 1 unspecified atom stereocenters. The van der Waals surface area contributed by atoms with Crippen LogP contribution in [0.2, 0.25) is 0 Å². The SMILES string of the molecule is CC(c1cnn(C)c1)n1ccnc1-c1cccs1. The lowest BCUT2D eigenvalue weighted by Crippen LogP contribution is -2.06. The van der Waals surface area contributed by atoms with Gasteiger partial charge < -0.3 is 4.57 Å². The van der Waals surface area contributed by atoms with Gasteiger partial charge in [0, 0.05) is 31.2 Å². The summed E-state index contributed by atoms with van der Waals surface area (Å²) in [6, 6.07) is 4.38. The highest BCUT2D eigenvalue weighted by atomic mass is 32.1. The average molecular weight is 258 g/mol. The molecule has 0 N–H and O–H groups in total. The van der Waals surface area contributed by atoms with E-state index in [-0.39, 0.29) is 6.04 Å². The number of thiophene rings is 1. The summed E-state index contributed by atoms with van der Waals surface area (Å²) < 4.78 is 4.01. The number of nitrogens with zero attached hydrogens (tertiary/aromatic N) is 4. The first-order valence-electron chi connectivity index (χ1n) is 5.81. The van der Waals surface area contributed by atoms with Crippen molar-refractivity contribution >= 4 is 11.3 Å². The summed E-state index contributed by atoms with van der Waals surface area (Å²) in [5.41, 5.74) is 1.19. The molecular formula is C13H14N4S. The molecule has 0 spiro atoms. The van der Waals surface area contributed by atoms with Gasteiger partial charge in [-0.1, -0.05) is 6.07 Å². The van der Waals surface area contributed by atoms with Crippen molar-refractivity contribution in [2.24, 2.45) is 7.05 Å². The monoisotopic (exact) mass is 258 g/mol. The zero-order chi connectivity index (χ0) is 12.5. The summed E-state index contributed by atoms with van der Waals surface area (Å²) in [4.78, 5) is 5.65. The van der Waals surface area contributed by atoms with Crippen molar-refractivity contribution in [3.63, 3.8) is 0 Å². The Kier molecular flexibility index (Phi) is 2.76. The van der Waals surface area contributed by atoms with Crippen LogP contribution < -0.4 is 0 Å². The molecule has 0 aliphatic rings. The van der Waals surface area contributed by atoms with Crippen molar-refractivity contribution in [2.75, 3.05) is 0 Å². The van der Waals surface area contributed by atoms with Gasteiger partial charge in [0.25, 0.3) is 0 Å². The van der Waals surface area contributed by atoms with Gasteiger partial charge in [0.2, 0.25) is 0 Å². The maximum absolute atomic E-state index is 4.46. The number of aromatic nitrogens is 4. The Hall–Kier alpha value is -1.88. The predicted molar refractivity (Wildman–Crippen MR) is 72.6 cm³/mol. The Morgan fingerprint density at radius 1 is 1.39 bits per heavy atom. The van der Waals surface area contributed by atoms with Crippen molar-refractivity contribution in [3.05, 3.63) is 47.9 Å². The molecule has 0 fully saturated rings. The molecule has 0 aliphatic heterocycles. The Labute approximate surface area is 110 Å². The highest BCUT2D eigenvalue weighted by molar-refractivity contribution is 7.13. The van der Waals surface area contributed by atoms with E-state index in [4.69, 9.17) is 0 Å². The van der Waals surface area contributed by atoms with Crippen LogP contribution in [0, 0.1) is 0 Å². The molecule has 0 saturated heterocycles. The first-order chi connectivity index (χ1) is 8.75. The maximum Gasteiger partial charge on any atom is 0.150 e. The molecule has 3 heterocycles. The zero-order valence-corrected chi connectivity index (χ0v) is 11.1. The van der Waals surface area contributed by atoms with E-state index in [1.807, 2.05) is 42.6 Å². The fourth-order valence-corrected chi connectivity index (χ4v) is 2.76. The average Bonchev–Trinajstić information content (AvgIpc) is 3.08. The van der Waals surface area contributed by atoms with E-state index in [2.05, 4.69) is 33.0 Å². The molecule has 0 saturated carbocycles. The van der Waals surface area contributed by atoms with Crippen molar-refractivity contribution in [2.45, 2.75) is 13.0 Å². The molecule has 3 aromatic rings. The number of aryl methyl sites for hydroxylation is 1. The number of hydrogen-bond acceptors (Lipinski definition) is 3. The summed E-state index contributed by atoms with van der Waals surface area (Å²) in [6.45, 7) is 2.16. The summed E-state index contributed by atoms with van der Waals surface area (Å²) in [5.74, 6) is 1.02. The lowest BCUT2D eigenvalue weighted by atomic mass is 10.2. The minimum atomic E-state index is 0.235. The standard InChI is InChI=1S/C13H14N4S/c1-10(11-8-15-16(2)9-11)17-6-5-14-13(17)12-4-3-7-18-12/h3-10H,1-2H3. The first kappa shape index (κ1) is 11.2. The molecule has 0 radical (unpaired) electrons. The van der Waals surface area contributed by atoms with E-state index < -0.39 is 0 Å². The van der Waals surface area contributed by atoms with Crippen LogP contribution in [0.25, 0.3) is 10.7 Å². The summed E-state index contributed by atoms with van der Waals surface area (Å²) in [7, 11) is 1.93. The van der Waals surface area contributed by atoms with Gasteiger partial charge in [0.15, 0.2) is 5.82 Å². The van der Waals surface area contributed by atoms with Gasteiger partial charge in [-0.25, -0.2) is 4.98 Å². The Bertz CT molecular complexity index is 636. The van der Waals surface area contributed by atoms with Crippen LogP contribution in [0.1, 0.15) is 18.5 Å². The quantitative estimate of drug-likeness (QED) is 0.724. The zero-order valence-electron chi connectivity index (χ0n) is 10.3. The van der Waals surface area contributed by atoms with Gasteiger partial charge in [0.1, 0.15) is 0 Å². The fraction of sp³-hybridized carbons (Fsp3) is 0.231. The van der Waals surface area contributed by atoms with Gasteiger partial charge in [0.05, 0.1) is 17.1 Å². The van der Waals surface area contributed by atoms with Crippen molar-refractivity contribution in [1.29, 1.82) is 0 Å². The van der Waals surface area contributed by atoms with Crippen LogP contribution in [0.15, 0.2) is 42.3 Å². The molecule has 92 valence electrons. The number of hydrogen-bond donors (Lipinski definition) is 0. The second kappa shape index (κ2) is 4.42. The molecule has 0 amide bonds. The summed E-state index contributed by atoms with van der Waals surface area (Å²) >= 11 is 1.71. The number of rotatable bonds is 3. The largest absolute Gasteiger partial charge is 0.323 e. The fourth-order valence-electron chi connectivity index (χ4n) is 2.04. The Balaban J connectivity index is 2.00. The highest BCUT2D eigenvalue weighted by Crippen LogP contribution is 2.27. The van der Waals surface area contributed by atoms with E-state index in [1.54, 1.807) is 11.3 Å². The van der Waals surface area contributed by atoms with Crippen LogP contribution in [0.4, 0.5) is 0 Å². The summed E-state index contributed by atoms with van der Waals surface area (Å²) in [6.07, 6.45) is 7.82. The summed E-state index contributed by atoms with van der Waals surface area (Å²) in [5, 5.41) is 6.30. The second-order valence-corrected chi connectivity index (χ2v) is 5.21. The third-order valence-corrected chi connectivity index (χ3v) is 3.90. The van der Waals surface area contributed by atoms with E-state index in [9.17, 15) is 0 Å². The lowest BCUT2D eigenvalue weighted by molar-refractivity contribution is 0.645. The molecule has 1 atom stereocenters. The van der Waals surface area contributed by atoms with Crippen LogP contribution in [-0.2, 0) is 7.05 Å². The van der Waals surface area contributed by atoms with Gasteiger partial charge in [-0.2, -0.15) is 5.10 Å². The van der Waals surface area contributed by atoms with Crippen LogP contribution >= 0.6 is 11.3 Å². The molecule has 0 aliphatic carbocycles. The minimum absolute atomic E-state index is 0.235. The van der Waals surface area contributed by atoms with Crippen LogP contribution in [0.5, 0.6) is 0 Å². The second-order valence-electron chi connectivity index (χ2n) is 4.26. The lowest BCUT2D eigenvalue weighted by Gasteiger charge is -2.14. The molecule has 3 rings (SSSR count). The smallest absolute Gasteiger partial charge is 0.150 e. The molecular weight excluding hydrogens is 244 g/mol. The van der Waals surface area contributed by atoms with Crippen molar-refractivity contribution < 1.29 is 0 Å². The van der Waals surface area contributed by atoms with Crippen molar-refractivity contribution in [1.82, 2.24) is 19.3 Å². The van der Waals surface area contributed by atoms with Gasteiger partial charge in [-0.15, -0.1) is 11.3 Å². The van der Waals surface area contributed by atoms with Gasteiger partial charge >= 0.3 is 0 Å². The topological polar surface area (TPSA) is 35.6 Å². The molecule has 4 nitrogen and oxygen atoms in total. The van der Waals surface area contributed by atoms with E-state index in [1.165, 1.54) is 10.4 Å². The van der Waals surface area contributed by atoms with E-state index in [0.29, 0.717) is 0 Å². The normalized spacial score (nSPS) is 12.8. The van der Waals surface area contributed by atoms with E-state index >= 15 is 0 Å². The first-order valence-corrected chi connectivity index (χ1v) is 6.69. The maximum atomic E-state index is 4.46. The Morgan fingerprint density at radius 2 is 2.28 bits per heavy atom. The Morgan fingerprint density at radius 3 is 2.94 bits per heavy atom. The highest BCUT2D eigenvalue weighted by Gasteiger charge is 2.15. The van der Waals surface area contributed by atoms with Crippen LogP contribution in [-0.4, -0.2) is 19.3 Å². The molecule has 5 heteroatoms. The predicted octanol–water partition coefficient (Wildman–Crippen LogP) is 2.95. The molecule has 3 aromatic heterocycles. The van der Waals surface area contributed by atoms with Gasteiger partial charge in [-0.3, -0.25) is 4.68 Å². The molecule has 0 aromatic carbocycles. The van der Waals surface area contributed by atoms with E-state index in [0.717, 1.165) is 5.82 Å². The van der Waals surface area contributed by atoms with Crippen LogP contribution in [0.3, 0.4) is 0 Å².